The molecular weight excluding hydrogens is 278 g/mol. The van der Waals surface area contributed by atoms with Crippen molar-refractivity contribution in [2.45, 2.75) is 13.3 Å². The van der Waals surface area contributed by atoms with Gasteiger partial charge in [0.25, 0.3) is 5.89 Å². The third-order valence-corrected chi connectivity index (χ3v) is 3.51. The maximum Gasteiger partial charge on any atom is 0.261 e. The van der Waals surface area contributed by atoms with E-state index in [0.29, 0.717) is 17.8 Å². The van der Waals surface area contributed by atoms with Crippen LogP contribution < -0.4 is 0 Å². The number of hydrogen-bond donors (Lipinski definition) is 2. The van der Waals surface area contributed by atoms with Crippen LogP contribution in [-0.4, -0.2) is 25.3 Å². The second kappa shape index (κ2) is 4.93. The molecule has 102 valence electrons. The van der Waals surface area contributed by atoms with E-state index in [2.05, 4.69) is 15.1 Å². The van der Waals surface area contributed by atoms with Crippen LogP contribution >= 0.6 is 11.3 Å². The number of benzene rings is 1. The fourth-order valence-electron chi connectivity index (χ4n) is 1.78. The Morgan fingerprint density at radius 2 is 2.10 bits per heavy atom. The predicted molar refractivity (Wildman–Crippen MR) is 72.7 cm³/mol. The summed E-state index contributed by atoms with van der Waals surface area (Å²) >= 11 is 1.56. The maximum atomic E-state index is 9.74. The Balaban J connectivity index is 1.88. The van der Waals surface area contributed by atoms with Gasteiger partial charge in [0.1, 0.15) is 11.5 Å². The molecule has 0 radical (unpaired) electrons. The molecule has 0 amide bonds. The predicted octanol–water partition coefficient (Wildman–Crippen LogP) is 2.50. The summed E-state index contributed by atoms with van der Waals surface area (Å²) in [6, 6.07) is 4.13. The molecule has 0 saturated carbocycles. The molecule has 0 spiro atoms. The van der Waals surface area contributed by atoms with Crippen LogP contribution in [0, 0.1) is 6.92 Å². The van der Waals surface area contributed by atoms with Gasteiger partial charge >= 0.3 is 0 Å². The third-order valence-electron chi connectivity index (χ3n) is 2.68. The summed E-state index contributed by atoms with van der Waals surface area (Å²) in [7, 11) is 0. The van der Waals surface area contributed by atoms with Crippen LogP contribution in [0.15, 0.2) is 28.1 Å². The molecule has 2 aromatic heterocycles. The second-order valence-electron chi connectivity index (χ2n) is 4.25. The summed E-state index contributed by atoms with van der Waals surface area (Å²) in [4.78, 5) is 8.53. The van der Waals surface area contributed by atoms with E-state index in [9.17, 15) is 10.2 Å². The molecular formula is C13H11N3O3S. The van der Waals surface area contributed by atoms with Crippen LogP contribution in [0.5, 0.6) is 11.5 Å². The van der Waals surface area contributed by atoms with Gasteiger partial charge in [-0.3, -0.25) is 0 Å². The molecule has 1 aromatic carbocycles. The van der Waals surface area contributed by atoms with Crippen molar-refractivity contribution in [3.05, 3.63) is 40.1 Å². The summed E-state index contributed by atoms with van der Waals surface area (Å²) < 4.78 is 5.11. The first-order valence-corrected chi connectivity index (χ1v) is 6.76. The number of phenolic OH excluding ortho intramolecular Hbond substituents is 2. The average Bonchev–Trinajstić information content (AvgIpc) is 3.02. The van der Waals surface area contributed by atoms with E-state index in [-0.39, 0.29) is 17.4 Å². The second-order valence-corrected chi connectivity index (χ2v) is 5.31. The zero-order valence-electron chi connectivity index (χ0n) is 10.6. The minimum absolute atomic E-state index is 0.0210. The molecule has 20 heavy (non-hydrogen) atoms. The SMILES string of the molecule is Cc1nc(Cc2noc(-c3cc(O)ccc3O)n2)cs1. The van der Waals surface area contributed by atoms with Crippen LogP contribution in [0.1, 0.15) is 16.5 Å². The van der Waals surface area contributed by atoms with Crippen molar-refractivity contribution >= 4 is 11.3 Å². The minimum Gasteiger partial charge on any atom is -0.508 e. The van der Waals surface area contributed by atoms with Gasteiger partial charge in [-0.15, -0.1) is 11.3 Å². The number of nitrogens with zero attached hydrogens (tertiary/aromatic N) is 3. The molecule has 0 aliphatic carbocycles. The van der Waals surface area contributed by atoms with Crippen LogP contribution in [0.4, 0.5) is 0 Å². The molecule has 0 saturated heterocycles. The normalized spacial score (nSPS) is 10.8. The van der Waals surface area contributed by atoms with Gasteiger partial charge in [-0.2, -0.15) is 4.98 Å². The Hall–Kier alpha value is -2.41. The molecule has 0 bridgehead atoms. The number of phenols is 2. The van der Waals surface area contributed by atoms with Crippen molar-refractivity contribution in [1.82, 2.24) is 15.1 Å². The Morgan fingerprint density at radius 3 is 2.85 bits per heavy atom. The first kappa shape index (κ1) is 12.6. The van der Waals surface area contributed by atoms with Gasteiger partial charge in [0.15, 0.2) is 5.82 Å². The van der Waals surface area contributed by atoms with Crippen molar-refractivity contribution in [1.29, 1.82) is 0 Å². The fraction of sp³-hybridized carbons (Fsp3) is 0.154. The van der Waals surface area contributed by atoms with Crippen molar-refractivity contribution in [3.63, 3.8) is 0 Å². The maximum absolute atomic E-state index is 9.74. The van der Waals surface area contributed by atoms with Crippen LogP contribution in [0.25, 0.3) is 11.5 Å². The van der Waals surface area contributed by atoms with Crippen molar-refractivity contribution in [2.24, 2.45) is 0 Å². The molecule has 0 fully saturated rings. The smallest absolute Gasteiger partial charge is 0.261 e. The van der Waals surface area contributed by atoms with E-state index in [4.69, 9.17) is 4.52 Å². The zero-order chi connectivity index (χ0) is 14.1. The van der Waals surface area contributed by atoms with Gasteiger partial charge in [0.2, 0.25) is 0 Å². The molecule has 2 heterocycles. The summed E-state index contributed by atoms with van der Waals surface area (Å²) in [6.07, 6.45) is 0.466. The number of aromatic hydroxyl groups is 2. The number of thiazole rings is 1. The summed E-state index contributed by atoms with van der Waals surface area (Å²) in [5, 5.41) is 26.0. The van der Waals surface area contributed by atoms with Gasteiger partial charge in [-0.05, 0) is 25.1 Å². The molecule has 0 unspecified atom stereocenters. The quantitative estimate of drug-likeness (QED) is 0.720. The summed E-state index contributed by atoms with van der Waals surface area (Å²) in [6.45, 7) is 1.93. The van der Waals surface area contributed by atoms with Gasteiger partial charge in [0.05, 0.1) is 22.7 Å². The lowest BCUT2D eigenvalue weighted by Gasteiger charge is -1.99. The van der Waals surface area contributed by atoms with E-state index in [1.54, 1.807) is 11.3 Å². The lowest BCUT2D eigenvalue weighted by Crippen LogP contribution is -1.91. The Bertz CT molecular complexity index is 751. The summed E-state index contributed by atoms with van der Waals surface area (Å²) in [5.41, 5.74) is 1.18. The fourth-order valence-corrected chi connectivity index (χ4v) is 2.39. The number of hydrogen-bond acceptors (Lipinski definition) is 7. The van der Waals surface area contributed by atoms with Crippen LogP contribution in [0.2, 0.25) is 0 Å². The first-order valence-electron chi connectivity index (χ1n) is 5.88. The highest BCUT2D eigenvalue weighted by atomic mass is 32.1. The molecule has 7 heteroatoms. The zero-order valence-corrected chi connectivity index (χ0v) is 11.4. The average molecular weight is 289 g/mol. The number of aryl methyl sites for hydroxylation is 1. The summed E-state index contributed by atoms with van der Waals surface area (Å²) in [5.74, 6) is 0.642. The van der Waals surface area contributed by atoms with E-state index in [0.717, 1.165) is 10.7 Å². The van der Waals surface area contributed by atoms with E-state index in [1.165, 1.54) is 18.2 Å². The molecule has 0 aliphatic heterocycles. The van der Waals surface area contributed by atoms with Crippen LogP contribution in [0.3, 0.4) is 0 Å². The van der Waals surface area contributed by atoms with Crippen molar-refractivity contribution in [2.75, 3.05) is 0 Å². The third kappa shape index (κ3) is 2.48. The van der Waals surface area contributed by atoms with Crippen molar-refractivity contribution in [3.8, 4) is 23.0 Å². The molecule has 3 aromatic rings. The molecule has 2 N–H and O–H groups in total. The highest BCUT2D eigenvalue weighted by molar-refractivity contribution is 7.09. The molecule has 0 aliphatic rings. The van der Waals surface area contributed by atoms with Gasteiger partial charge in [0, 0.05) is 5.38 Å². The number of rotatable bonds is 3. The molecule has 3 rings (SSSR count). The van der Waals surface area contributed by atoms with Gasteiger partial charge in [-0.25, -0.2) is 4.98 Å². The molecule has 0 atom stereocenters. The van der Waals surface area contributed by atoms with E-state index in [1.807, 2.05) is 12.3 Å². The lowest BCUT2D eigenvalue weighted by atomic mass is 10.2. The standard InChI is InChI=1S/C13H11N3O3S/c1-7-14-8(6-20-7)4-12-15-13(19-16-12)10-5-9(17)2-3-11(10)18/h2-3,5-6,17-18H,4H2,1H3. The largest absolute Gasteiger partial charge is 0.508 e. The Morgan fingerprint density at radius 1 is 1.25 bits per heavy atom. The monoisotopic (exact) mass is 289 g/mol. The van der Waals surface area contributed by atoms with Gasteiger partial charge < -0.3 is 14.7 Å². The van der Waals surface area contributed by atoms with E-state index < -0.39 is 0 Å². The topological polar surface area (TPSA) is 92.3 Å². The number of aromatic nitrogens is 3. The highest BCUT2D eigenvalue weighted by Crippen LogP contribution is 2.31. The first-order chi connectivity index (χ1) is 9.61. The highest BCUT2D eigenvalue weighted by Gasteiger charge is 2.14. The van der Waals surface area contributed by atoms with Gasteiger partial charge in [-0.1, -0.05) is 5.16 Å². The molecule has 6 nitrogen and oxygen atoms in total. The van der Waals surface area contributed by atoms with E-state index >= 15 is 0 Å². The minimum atomic E-state index is -0.0255. The van der Waals surface area contributed by atoms with Crippen molar-refractivity contribution < 1.29 is 14.7 Å². The van der Waals surface area contributed by atoms with Crippen LogP contribution in [-0.2, 0) is 6.42 Å². The lowest BCUT2D eigenvalue weighted by molar-refractivity contribution is 0.417. The Kier molecular flexibility index (Phi) is 3.11. The Labute approximate surface area is 118 Å².